The van der Waals surface area contributed by atoms with E-state index in [-0.39, 0.29) is 29.4 Å². The molecule has 2 atom stereocenters. The topological polar surface area (TPSA) is 95.5 Å². The normalized spacial score (nSPS) is 20.9. The van der Waals surface area contributed by atoms with Crippen molar-refractivity contribution < 1.29 is 18.3 Å². The Morgan fingerprint density at radius 2 is 2.00 bits per heavy atom. The second-order valence-electron chi connectivity index (χ2n) is 5.52. The molecule has 0 spiro atoms. The highest BCUT2D eigenvalue weighted by Gasteiger charge is 2.25. The van der Waals surface area contributed by atoms with Gasteiger partial charge in [0.15, 0.2) is 0 Å². The Labute approximate surface area is 136 Å². The highest BCUT2D eigenvalue weighted by molar-refractivity contribution is 7.89. The lowest BCUT2D eigenvalue weighted by Gasteiger charge is -2.15. The lowest BCUT2D eigenvalue weighted by atomic mass is 10.1. The molecular weight excluding hydrogens is 316 g/mol. The predicted molar refractivity (Wildman–Crippen MR) is 86.1 cm³/mol. The molecule has 0 aromatic heterocycles. The highest BCUT2D eigenvalue weighted by Crippen LogP contribution is 2.24. The standard InChI is InChI=1S/C16H20N2O4S/c1-2-10-18-23(21,22)14-8-6-12(7-9-14)16(20)17-11-13-4-3-5-15(13)19/h1,6-9,13,15,18-19H,3-5,10-11H2,(H,17,20). The number of rotatable bonds is 6. The van der Waals surface area contributed by atoms with E-state index in [2.05, 4.69) is 16.0 Å². The van der Waals surface area contributed by atoms with E-state index in [4.69, 9.17) is 6.42 Å². The highest BCUT2D eigenvalue weighted by atomic mass is 32.2. The molecule has 0 aliphatic heterocycles. The van der Waals surface area contributed by atoms with Gasteiger partial charge in [-0.05, 0) is 37.1 Å². The van der Waals surface area contributed by atoms with Crippen molar-refractivity contribution in [2.75, 3.05) is 13.1 Å². The second kappa shape index (κ2) is 7.59. The molecule has 0 heterocycles. The first-order valence-corrected chi connectivity index (χ1v) is 8.92. The summed E-state index contributed by atoms with van der Waals surface area (Å²) in [6.45, 7) is 0.331. The van der Waals surface area contributed by atoms with Crippen molar-refractivity contribution in [2.45, 2.75) is 30.3 Å². The van der Waals surface area contributed by atoms with Crippen molar-refractivity contribution in [1.82, 2.24) is 10.0 Å². The zero-order chi connectivity index (χ0) is 16.9. The summed E-state index contributed by atoms with van der Waals surface area (Å²) in [4.78, 5) is 12.1. The monoisotopic (exact) mass is 336 g/mol. The van der Waals surface area contributed by atoms with Crippen LogP contribution in [0, 0.1) is 18.3 Å². The molecule has 6 nitrogen and oxygen atoms in total. The third-order valence-corrected chi connectivity index (χ3v) is 5.35. The van der Waals surface area contributed by atoms with Gasteiger partial charge in [0.05, 0.1) is 17.5 Å². The third-order valence-electron chi connectivity index (χ3n) is 3.93. The van der Waals surface area contributed by atoms with Gasteiger partial charge in [0.2, 0.25) is 10.0 Å². The van der Waals surface area contributed by atoms with E-state index in [1.54, 1.807) is 0 Å². The van der Waals surface area contributed by atoms with Crippen LogP contribution in [0.2, 0.25) is 0 Å². The molecule has 0 saturated heterocycles. The molecule has 23 heavy (non-hydrogen) atoms. The van der Waals surface area contributed by atoms with Crippen LogP contribution in [0.25, 0.3) is 0 Å². The minimum Gasteiger partial charge on any atom is -0.393 e. The summed E-state index contributed by atoms with van der Waals surface area (Å²) in [5.74, 6) is 2.00. The summed E-state index contributed by atoms with van der Waals surface area (Å²) in [6, 6.07) is 5.62. The van der Waals surface area contributed by atoms with Crippen LogP contribution < -0.4 is 10.0 Å². The zero-order valence-corrected chi connectivity index (χ0v) is 13.5. The van der Waals surface area contributed by atoms with Crippen molar-refractivity contribution in [3.05, 3.63) is 29.8 Å². The Hall–Kier alpha value is -1.88. The maximum Gasteiger partial charge on any atom is 0.251 e. The average Bonchev–Trinajstić information content (AvgIpc) is 2.96. The van der Waals surface area contributed by atoms with Crippen LogP contribution in [0.4, 0.5) is 0 Å². The first-order valence-electron chi connectivity index (χ1n) is 7.43. The number of amides is 1. The predicted octanol–water partition coefficient (Wildman–Crippen LogP) is 0.489. The van der Waals surface area contributed by atoms with Gasteiger partial charge in [0, 0.05) is 18.0 Å². The van der Waals surface area contributed by atoms with Gasteiger partial charge in [-0.3, -0.25) is 4.79 Å². The zero-order valence-electron chi connectivity index (χ0n) is 12.7. The maximum atomic E-state index is 12.1. The van der Waals surface area contributed by atoms with Crippen LogP contribution in [-0.4, -0.2) is 38.6 Å². The van der Waals surface area contributed by atoms with E-state index in [0.29, 0.717) is 12.1 Å². The summed E-state index contributed by atoms with van der Waals surface area (Å²) >= 11 is 0. The van der Waals surface area contributed by atoms with E-state index >= 15 is 0 Å². The number of terminal acetylenes is 1. The molecule has 0 bridgehead atoms. The molecular formula is C16H20N2O4S. The lowest BCUT2D eigenvalue weighted by Crippen LogP contribution is -2.32. The smallest absolute Gasteiger partial charge is 0.251 e. The van der Waals surface area contributed by atoms with Crippen molar-refractivity contribution >= 4 is 15.9 Å². The van der Waals surface area contributed by atoms with E-state index in [1.807, 2.05) is 0 Å². The first kappa shape index (κ1) is 17.5. The minimum atomic E-state index is -3.65. The fraction of sp³-hybridized carbons (Fsp3) is 0.438. The molecule has 1 aromatic carbocycles. The number of benzene rings is 1. The van der Waals surface area contributed by atoms with Gasteiger partial charge < -0.3 is 10.4 Å². The molecule has 1 fully saturated rings. The Bertz CT molecular complexity index is 692. The Morgan fingerprint density at radius 3 is 2.57 bits per heavy atom. The van der Waals surface area contributed by atoms with Gasteiger partial charge in [-0.1, -0.05) is 12.3 Å². The van der Waals surface area contributed by atoms with E-state index < -0.39 is 10.0 Å². The molecule has 1 saturated carbocycles. The van der Waals surface area contributed by atoms with Gasteiger partial charge in [-0.25, -0.2) is 8.42 Å². The number of aliphatic hydroxyl groups excluding tert-OH is 1. The minimum absolute atomic E-state index is 0.0514. The van der Waals surface area contributed by atoms with E-state index in [9.17, 15) is 18.3 Å². The summed E-state index contributed by atoms with van der Waals surface area (Å²) in [5, 5.41) is 12.5. The number of sulfonamides is 1. The van der Waals surface area contributed by atoms with Crippen molar-refractivity contribution in [2.24, 2.45) is 5.92 Å². The number of hydrogen-bond acceptors (Lipinski definition) is 4. The summed E-state index contributed by atoms with van der Waals surface area (Å²) < 4.78 is 26.0. The third kappa shape index (κ3) is 4.55. The molecule has 1 aliphatic carbocycles. The van der Waals surface area contributed by atoms with Crippen molar-refractivity contribution in [1.29, 1.82) is 0 Å². The fourth-order valence-corrected chi connectivity index (χ4v) is 3.52. The molecule has 3 N–H and O–H groups in total. The second-order valence-corrected chi connectivity index (χ2v) is 7.29. The number of hydrogen-bond donors (Lipinski definition) is 3. The number of carbonyl (C=O) groups excluding carboxylic acids is 1. The summed E-state index contributed by atoms with van der Waals surface area (Å²) in [5.41, 5.74) is 0.369. The van der Waals surface area contributed by atoms with Crippen LogP contribution in [0.1, 0.15) is 29.6 Å². The van der Waals surface area contributed by atoms with Gasteiger partial charge in [0.1, 0.15) is 0 Å². The van der Waals surface area contributed by atoms with Crippen molar-refractivity contribution in [3.63, 3.8) is 0 Å². The van der Waals surface area contributed by atoms with Crippen molar-refractivity contribution in [3.8, 4) is 12.3 Å². The average molecular weight is 336 g/mol. The first-order chi connectivity index (χ1) is 10.9. The van der Waals surface area contributed by atoms with E-state index in [0.717, 1.165) is 19.3 Å². The molecule has 124 valence electrons. The molecule has 0 radical (unpaired) electrons. The lowest BCUT2D eigenvalue weighted by molar-refractivity contribution is 0.0916. The maximum absolute atomic E-state index is 12.1. The number of nitrogens with one attached hydrogen (secondary N) is 2. The van der Waals surface area contributed by atoms with Gasteiger partial charge >= 0.3 is 0 Å². The van der Waals surface area contributed by atoms with Gasteiger partial charge in [-0.2, -0.15) is 4.72 Å². The SMILES string of the molecule is C#CCNS(=O)(=O)c1ccc(C(=O)NCC2CCCC2O)cc1. The van der Waals surface area contributed by atoms with Crippen LogP contribution in [-0.2, 0) is 10.0 Å². The molecule has 1 amide bonds. The fourth-order valence-electron chi connectivity index (χ4n) is 2.59. The van der Waals surface area contributed by atoms with Crippen LogP contribution in [0.3, 0.4) is 0 Å². The van der Waals surface area contributed by atoms with Gasteiger partial charge in [0.25, 0.3) is 5.91 Å². The molecule has 1 aliphatic rings. The van der Waals surface area contributed by atoms with Gasteiger partial charge in [-0.15, -0.1) is 6.42 Å². The van der Waals surface area contributed by atoms with Crippen LogP contribution >= 0.6 is 0 Å². The Balaban J connectivity index is 1.96. The Morgan fingerprint density at radius 1 is 1.30 bits per heavy atom. The number of aliphatic hydroxyl groups is 1. The molecule has 7 heteroatoms. The summed E-state index contributed by atoms with van der Waals surface area (Å²) in [7, 11) is -3.65. The summed E-state index contributed by atoms with van der Waals surface area (Å²) in [6.07, 6.45) is 7.32. The molecule has 2 unspecified atom stereocenters. The Kier molecular flexibility index (Phi) is 5.77. The number of carbonyl (C=O) groups is 1. The van der Waals surface area contributed by atoms with E-state index in [1.165, 1.54) is 24.3 Å². The van der Waals surface area contributed by atoms with Crippen LogP contribution in [0.5, 0.6) is 0 Å². The largest absolute Gasteiger partial charge is 0.393 e. The molecule has 1 aromatic rings. The quantitative estimate of drug-likeness (QED) is 0.659. The van der Waals surface area contributed by atoms with Crippen LogP contribution in [0.15, 0.2) is 29.2 Å². The molecule has 2 rings (SSSR count).